The molecule has 2 aromatic heterocycles. The second-order valence-electron chi connectivity index (χ2n) is 10.6. The lowest BCUT2D eigenvalue weighted by Gasteiger charge is -2.36. The van der Waals surface area contributed by atoms with Crippen LogP contribution < -0.4 is 4.90 Å². The fraction of sp³-hybridized carbons (Fsp3) is 0.0857. The van der Waals surface area contributed by atoms with Crippen LogP contribution in [0.5, 0.6) is 0 Å². The number of furan rings is 1. The van der Waals surface area contributed by atoms with E-state index in [0.717, 1.165) is 71.9 Å². The Hall–Kier alpha value is -5.52. The summed E-state index contributed by atoms with van der Waals surface area (Å²) < 4.78 is 8.67. The Morgan fingerprint density at radius 3 is 2.17 bits per heavy atom. The molecule has 0 saturated carbocycles. The average molecular weight is 515 g/mol. The van der Waals surface area contributed by atoms with Crippen molar-refractivity contribution < 1.29 is 4.42 Å². The van der Waals surface area contributed by atoms with Crippen molar-refractivity contribution in [2.75, 3.05) is 4.90 Å². The van der Waals surface area contributed by atoms with Gasteiger partial charge in [-0.1, -0.05) is 30.3 Å². The van der Waals surface area contributed by atoms with Gasteiger partial charge in [-0.3, -0.25) is 0 Å². The zero-order valence-electron chi connectivity index (χ0n) is 21.9. The number of para-hydroxylation sites is 1. The van der Waals surface area contributed by atoms with Crippen molar-refractivity contribution in [1.82, 2.24) is 4.57 Å². The van der Waals surface area contributed by atoms with E-state index in [2.05, 4.69) is 77.9 Å². The molecule has 0 unspecified atom stereocenters. The third-order valence-corrected chi connectivity index (χ3v) is 8.07. The molecule has 5 heteroatoms. The van der Waals surface area contributed by atoms with E-state index in [9.17, 15) is 10.5 Å². The van der Waals surface area contributed by atoms with E-state index in [1.807, 2.05) is 48.5 Å². The first kappa shape index (κ1) is 22.5. The first-order valence-corrected chi connectivity index (χ1v) is 13.3. The van der Waals surface area contributed by atoms with Gasteiger partial charge in [-0.15, -0.1) is 0 Å². The largest absolute Gasteiger partial charge is 0.456 e. The SMILES string of the molecule is CC(C)N1c2cc(C#N)ccc2-n2c3c1cc(-c1ccc(C#N)cc1)cc3c1ccc3oc4ccccc4c3c12. The molecule has 0 atom stereocenters. The van der Waals surface area contributed by atoms with Gasteiger partial charge < -0.3 is 13.9 Å². The number of nitriles is 2. The number of fused-ring (bicyclic) bond motifs is 9. The predicted molar refractivity (Wildman–Crippen MR) is 160 cm³/mol. The number of nitrogens with zero attached hydrogens (tertiary/aromatic N) is 4. The van der Waals surface area contributed by atoms with Crippen LogP contribution in [0.4, 0.5) is 11.4 Å². The molecule has 1 aliphatic heterocycles. The van der Waals surface area contributed by atoms with Crippen LogP contribution in [-0.2, 0) is 0 Å². The third kappa shape index (κ3) is 2.89. The summed E-state index contributed by atoms with van der Waals surface area (Å²) in [6.07, 6.45) is 0. The van der Waals surface area contributed by atoms with Crippen molar-refractivity contribution in [2.45, 2.75) is 19.9 Å². The number of hydrogen-bond acceptors (Lipinski definition) is 4. The lowest BCUT2D eigenvalue weighted by Crippen LogP contribution is -2.29. The third-order valence-electron chi connectivity index (χ3n) is 8.07. The first-order valence-electron chi connectivity index (χ1n) is 13.3. The smallest absolute Gasteiger partial charge is 0.137 e. The fourth-order valence-electron chi connectivity index (χ4n) is 6.41. The van der Waals surface area contributed by atoms with Crippen molar-refractivity contribution in [3.05, 3.63) is 102 Å². The zero-order valence-corrected chi connectivity index (χ0v) is 21.9. The maximum atomic E-state index is 9.80. The summed E-state index contributed by atoms with van der Waals surface area (Å²) in [6, 6.07) is 35.4. The van der Waals surface area contributed by atoms with E-state index >= 15 is 0 Å². The standard InChI is InChI=1S/C35H22N4O/c1-20(2)38-29-15-22(19-37)9-13-28(29)39-34-27(16-24(17-30(34)38)23-10-7-21(18-36)8-11-23)25-12-14-32-33(35(25)39)26-5-3-4-6-31(26)40-32/h3-17,20H,1-2H3. The number of hydrogen-bond donors (Lipinski definition) is 0. The molecule has 8 rings (SSSR count). The van der Waals surface area contributed by atoms with Gasteiger partial charge in [0.1, 0.15) is 11.2 Å². The second-order valence-corrected chi connectivity index (χ2v) is 10.6. The quantitative estimate of drug-likeness (QED) is 0.231. The van der Waals surface area contributed by atoms with Gasteiger partial charge in [0.05, 0.1) is 56.7 Å². The molecule has 0 bridgehead atoms. The molecule has 5 nitrogen and oxygen atoms in total. The van der Waals surface area contributed by atoms with E-state index in [1.165, 1.54) is 0 Å². The molecule has 0 aliphatic carbocycles. The molecule has 0 saturated heterocycles. The molecule has 40 heavy (non-hydrogen) atoms. The molecule has 0 fully saturated rings. The van der Waals surface area contributed by atoms with Crippen LogP contribution in [-0.4, -0.2) is 10.6 Å². The maximum Gasteiger partial charge on any atom is 0.137 e. The van der Waals surface area contributed by atoms with Gasteiger partial charge in [0.2, 0.25) is 0 Å². The van der Waals surface area contributed by atoms with Gasteiger partial charge in [0, 0.05) is 22.2 Å². The van der Waals surface area contributed by atoms with Crippen LogP contribution in [0.3, 0.4) is 0 Å². The van der Waals surface area contributed by atoms with E-state index in [-0.39, 0.29) is 6.04 Å². The summed E-state index contributed by atoms with van der Waals surface area (Å²) >= 11 is 0. The minimum absolute atomic E-state index is 0.147. The summed E-state index contributed by atoms with van der Waals surface area (Å²) in [4.78, 5) is 2.34. The predicted octanol–water partition coefficient (Wildman–Crippen LogP) is 8.95. The molecule has 3 heterocycles. The molecular formula is C35H22N4O. The number of anilines is 2. The highest BCUT2D eigenvalue weighted by molar-refractivity contribution is 6.27. The number of benzene rings is 5. The number of aromatic nitrogens is 1. The van der Waals surface area contributed by atoms with Crippen LogP contribution >= 0.6 is 0 Å². The van der Waals surface area contributed by atoms with Gasteiger partial charge in [-0.25, -0.2) is 0 Å². The van der Waals surface area contributed by atoms with Gasteiger partial charge >= 0.3 is 0 Å². The van der Waals surface area contributed by atoms with E-state index < -0.39 is 0 Å². The molecule has 5 aromatic carbocycles. The van der Waals surface area contributed by atoms with Crippen molar-refractivity contribution in [1.29, 1.82) is 10.5 Å². The average Bonchev–Trinajstić information content (AvgIpc) is 3.53. The first-order chi connectivity index (χ1) is 19.6. The van der Waals surface area contributed by atoms with Crippen LogP contribution in [0, 0.1) is 22.7 Å². The number of rotatable bonds is 2. The van der Waals surface area contributed by atoms with Crippen molar-refractivity contribution in [3.63, 3.8) is 0 Å². The minimum atomic E-state index is 0.147. The maximum absolute atomic E-state index is 9.80. The summed E-state index contributed by atoms with van der Waals surface area (Å²) in [6.45, 7) is 4.37. The van der Waals surface area contributed by atoms with Gasteiger partial charge in [0.15, 0.2) is 0 Å². The molecule has 188 valence electrons. The van der Waals surface area contributed by atoms with Crippen molar-refractivity contribution in [2.24, 2.45) is 0 Å². The van der Waals surface area contributed by atoms with Crippen LogP contribution in [0.2, 0.25) is 0 Å². The molecule has 0 radical (unpaired) electrons. The highest BCUT2D eigenvalue weighted by Gasteiger charge is 2.31. The van der Waals surface area contributed by atoms with Gasteiger partial charge in [-0.2, -0.15) is 10.5 Å². The van der Waals surface area contributed by atoms with Crippen molar-refractivity contribution in [3.8, 4) is 29.0 Å². The Morgan fingerprint density at radius 2 is 1.40 bits per heavy atom. The lowest BCUT2D eigenvalue weighted by atomic mass is 9.98. The Bertz CT molecular complexity index is 2270. The summed E-state index contributed by atoms with van der Waals surface area (Å²) in [7, 11) is 0. The van der Waals surface area contributed by atoms with Gasteiger partial charge in [-0.05, 0) is 85.6 Å². The Morgan fingerprint density at radius 1 is 0.625 bits per heavy atom. The Balaban J connectivity index is 1.60. The Labute approximate surface area is 230 Å². The summed E-state index contributed by atoms with van der Waals surface area (Å²) in [5.74, 6) is 0. The van der Waals surface area contributed by atoms with Gasteiger partial charge in [0.25, 0.3) is 0 Å². The molecule has 0 amide bonds. The van der Waals surface area contributed by atoms with E-state index in [1.54, 1.807) is 0 Å². The monoisotopic (exact) mass is 514 g/mol. The van der Waals surface area contributed by atoms with Crippen LogP contribution in [0.15, 0.2) is 95.4 Å². The molecule has 0 N–H and O–H groups in total. The second kappa shape index (κ2) is 7.99. The molecule has 7 aromatic rings. The summed E-state index contributed by atoms with van der Waals surface area (Å²) in [5, 5.41) is 23.6. The lowest BCUT2D eigenvalue weighted by molar-refractivity contribution is 0.669. The zero-order chi connectivity index (χ0) is 27.1. The fourth-order valence-corrected chi connectivity index (χ4v) is 6.41. The molecule has 1 aliphatic rings. The van der Waals surface area contributed by atoms with E-state index in [0.29, 0.717) is 11.1 Å². The molecule has 0 spiro atoms. The highest BCUT2D eigenvalue weighted by atomic mass is 16.3. The van der Waals surface area contributed by atoms with E-state index in [4.69, 9.17) is 4.42 Å². The van der Waals surface area contributed by atoms with Crippen LogP contribution in [0.25, 0.3) is 60.6 Å². The summed E-state index contributed by atoms with van der Waals surface area (Å²) in [5.41, 5.74) is 10.5. The van der Waals surface area contributed by atoms with Crippen LogP contribution in [0.1, 0.15) is 25.0 Å². The molecular weight excluding hydrogens is 492 g/mol. The Kier molecular flexibility index (Phi) is 4.49. The minimum Gasteiger partial charge on any atom is -0.456 e. The highest BCUT2D eigenvalue weighted by Crippen LogP contribution is 2.51. The van der Waals surface area contributed by atoms with Crippen molar-refractivity contribution >= 4 is 55.1 Å². The normalized spacial score (nSPS) is 12.4. The topological polar surface area (TPSA) is 68.9 Å².